The summed E-state index contributed by atoms with van der Waals surface area (Å²) in [6.45, 7) is 0. The van der Waals surface area contributed by atoms with Gasteiger partial charge in [-0.05, 0) is 0 Å². The third-order valence-corrected chi connectivity index (χ3v) is 2.47. The van der Waals surface area contributed by atoms with Crippen molar-refractivity contribution in [2.75, 3.05) is 12.0 Å². The number of aromatic nitrogens is 2. The zero-order valence-corrected chi connectivity index (χ0v) is 8.00. The Morgan fingerprint density at radius 2 is 2.08 bits per heavy atom. The zero-order valence-electron chi connectivity index (χ0n) is 7.18. The van der Waals surface area contributed by atoms with Crippen LogP contribution in [0.3, 0.4) is 0 Å². The molecule has 0 aliphatic rings. The van der Waals surface area contributed by atoms with Gasteiger partial charge in [0.05, 0.1) is 0 Å². The summed E-state index contributed by atoms with van der Waals surface area (Å²) in [7, 11) is -2.18. The van der Waals surface area contributed by atoms with Gasteiger partial charge in [-0.15, -0.1) is 0 Å². The van der Waals surface area contributed by atoms with Crippen molar-refractivity contribution in [3.05, 3.63) is 16.4 Å². The van der Waals surface area contributed by atoms with Crippen LogP contribution < -0.4 is 11.3 Å². The average molecular weight is 203 g/mol. The Hall–Kier alpha value is -1.37. The first-order valence-electron chi connectivity index (χ1n) is 3.36. The molecule has 0 amide bonds. The van der Waals surface area contributed by atoms with Crippen molar-refractivity contribution in [2.45, 2.75) is 5.16 Å². The number of nitrogens with two attached hydrogens (primary N) is 1. The number of hydrogen-bond donors (Lipinski definition) is 1. The van der Waals surface area contributed by atoms with Crippen LogP contribution in [0.1, 0.15) is 0 Å². The zero-order chi connectivity index (χ0) is 10.2. The van der Waals surface area contributed by atoms with Gasteiger partial charge in [0.1, 0.15) is 5.82 Å². The standard InChI is InChI=1S/C6H9N3O3S/c1-9-5(10)3-4(7)8-6(9)13(2,11)12/h3H,7H2,1-2H3. The van der Waals surface area contributed by atoms with Crippen LogP contribution in [0.5, 0.6) is 0 Å². The molecule has 0 spiro atoms. The topological polar surface area (TPSA) is 95.1 Å². The second kappa shape index (κ2) is 2.84. The van der Waals surface area contributed by atoms with Crippen molar-refractivity contribution in [3.8, 4) is 0 Å². The van der Waals surface area contributed by atoms with Crippen LogP contribution in [-0.4, -0.2) is 24.2 Å². The van der Waals surface area contributed by atoms with Crippen LogP contribution in [0.4, 0.5) is 5.82 Å². The van der Waals surface area contributed by atoms with Gasteiger partial charge in [-0.2, -0.15) is 0 Å². The summed E-state index contributed by atoms with van der Waals surface area (Å²) in [6, 6.07) is 1.06. The van der Waals surface area contributed by atoms with Crippen molar-refractivity contribution in [3.63, 3.8) is 0 Å². The molecule has 0 radical (unpaired) electrons. The first kappa shape index (κ1) is 9.72. The highest BCUT2D eigenvalue weighted by molar-refractivity contribution is 7.90. The summed E-state index contributed by atoms with van der Waals surface area (Å²) in [5.41, 5.74) is 4.74. The Morgan fingerprint density at radius 1 is 1.54 bits per heavy atom. The lowest BCUT2D eigenvalue weighted by Gasteiger charge is -2.04. The minimum Gasteiger partial charge on any atom is -0.383 e. The fourth-order valence-corrected chi connectivity index (χ4v) is 1.73. The molecule has 0 atom stereocenters. The van der Waals surface area contributed by atoms with Gasteiger partial charge in [-0.25, -0.2) is 13.4 Å². The maximum atomic E-state index is 11.1. The summed E-state index contributed by atoms with van der Waals surface area (Å²) in [6.07, 6.45) is 0.966. The molecule has 1 heterocycles. The second-order valence-corrected chi connectivity index (χ2v) is 4.54. The van der Waals surface area contributed by atoms with Gasteiger partial charge in [-0.1, -0.05) is 0 Å². The molecule has 0 fully saturated rings. The van der Waals surface area contributed by atoms with E-state index in [0.717, 1.165) is 16.9 Å². The van der Waals surface area contributed by atoms with Gasteiger partial charge in [0.2, 0.25) is 15.0 Å². The van der Waals surface area contributed by atoms with E-state index in [1.54, 1.807) is 0 Å². The fraction of sp³-hybridized carbons (Fsp3) is 0.333. The minimum atomic E-state index is -3.51. The fourth-order valence-electron chi connectivity index (χ4n) is 0.867. The van der Waals surface area contributed by atoms with Crippen LogP contribution in [0.2, 0.25) is 0 Å². The van der Waals surface area contributed by atoms with E-state index in [1.807, 2.05) is 0 Å². The first-order chi connectivity index (χ1) is 5.82. The van der Waals surface area contributed by atoms with Crippen LogP contribution >= 0.6 is 0 Å². The average Bonchev–Trinajstić information content (AvgIpc) is 1.94. The predicted octanol–water partition coefficient (Wildman–Crippen LogP) is -1.23. The molecule has 7 heteroatoms. The summed E-state index contributed by atoms with van der Waals surface area (Å²) in [5.74, 6) is -0.0940. The van der Waals surface area contributed by atoms with Crippen LogP contribution in [0, 0.1) is 0 Å². The van der Waals surface area contributed by atoms with Gasteiger partial charge in [-0.3, -0.25) is 9.36 Å². The van der Waals surface area contributed by atoms with Gasteiger partial charge in [0.25, 0.3) is 5.56 Å². The summed E-state index contributed by atoms with van der Waals surface area (Å²) >= 11 is 0. The van der Waals surface area contributed by atoms with Crippen LogP contribution in [-0.2, 0) is 16.9 Å². The van der Waals surface area contributed by atoms with Gasteiger partial charge in [0.15, 0.2) is 0 Å². The Morgan fingerprint density at radius 3 is 2.54 bits per heavy atom. The molecule has 0 aromatic carbocycles. The SMILES string of the molecule is Cn1c(S(C)(=O)=O)nc(N)cc1=O. The number of hydrogen-bond acceptors (Lipinski definition) is 5. The van der Waals surface area contributed by atoms with Crippen molar-refractivity contribution < 1.29 is 8.42 Å². The first-order valence-corrected chi connectivity index (χ1v) is 5.25. The molecule has 0 aliphatic heterocycles. The van der Waals surface area contributed by atoms with Crippen LogP contribution in [0.25, 0.3) is 0 Å². The maximum Gasteiger partial charge on any atom is 0.256 e. The van der Waals surface area contributed by atoms with Crippen molar-refractivity contribution in [2.24, 2.45) is 7.05 Å². The summed E-state index contributed by atoms with van der Waals surface area (Å²) in [5, 5.41) is -0.322. The van der Waals surface area contributed by atoms with Crippen molar-refractivity contribution in [1.82, 2.24) is 9.55 Å². The lowest BCUT2D eigenvalue weighted by Crippen LogP contribution is -2.24. The van der Waals surface area contributed by atoms with Crippen molar-refractivity contribution in [1.29, 1.82) is 0 Å². The Bertz CT molecular complexity index is 488. The molecule has 2 N–H and O–H groups in total. The lowest BCUT2D eigenvalue weighted by molar-refractivity contribution is 0.576. The second-order valence-electron chi connectivity index (χ2n) is 2.63. The van der Waals surface area contributed by atoms with E-state index < -0.39 is 15.4 Å². The van der Waals surface area contributed by atoms with Gasteiger partial charge < -0.3 is 5.73 Å². The molecule has 0 unspecified atom stereocenters. The minimum absolute atomic E-state index is 0.0940. The molecule has 1 aromatic heterocycles. The highest BCUT2D eigenvalue weighted by Crippen LogP contribution is 2.02. The van der Waals surface area contributed by atoms with E-state index in [0.29, 0.717) is 0 Å². The Labute approximate surface area is 74.9 Å². The van der Waals surface area contributed by atoms with Crippen molar-refractivity contribution >= 4 is 15.7 Å². The van der Waals surface area contributed by atoms with E-state index in [9.17, 15) is 13.2 Å². The lowest BCUT2D eigenvalue weighted by atomic mass is 10.6. The third kappa shape index (κ3) is 1.86. The number of rotatable bonds is 1. The Kier molecular flexibility index (Phi) is 2.12. The number of anilines is 1. The predicted molar refractivity (Wildman–Crippen MR) is 47.0 cm³/mol. The number of sulfone groups is 1. The van der Waals surface area contributed by atoms with E-state index in [1.165, 1.54) is 7.05 Å². The normalized spacial score (nSPS) is 11.5. The Balaban J connectivity index is 3.66. The third-order valence-electron chi connectivity index (χ3n) is 1.45. The molecular weight excluding hydrogens is 194 g/mol. The smallest absolute Gasteiger partial charge is 0.256 e. The molecule has 0 saturated carbocycles. The molecule has 72 valence electrons. The molecular formula is C6H9N3O3S. The number of nitrogen functional groups attached to an aromatic ring is 1. The quantitative estimate of drug-likeness (QED) is 0.576. The largest absolute Gasteiger partial charge is 0.383 e. The van der Waals surface area contributed by atoms with Gasteiger partial charge >= 0.3 is 0 Å². The summed E-state index contributed by atoms with van der Waals surface area (Å²) < 4.78 is 23.1. The number of nitrogens with zero attached hydrogens (tertiary/aromatic N) is 2. The molecule has 0 saturated heterocycles. The van der Waals surface area contributed by atoms with E-state index >= 15 is 0 Å². The molecule has 13 heavy (non-hydrogen) atoms. The molecule has 1 aromatic rings. The highest BCUT2D eigenvalue weighted by Gasteiger charge is 2.14. The monoisotopic (exact) mass is 203 g/mol. The van der Waals surface area contributed by atoms with E-state index in [4.69, 9.17) is 5.73 Å². The highest BCUT2D eigenvalue weighted by atomic mass is 32.2. The molecule has 0 aliphatic carbocycles. The molecule has 1 rings (SSSR count). The van der Waals surface area contributed by atoms with E-state index in [-0.39, 0.29) is 11.0 Å². The summed E-state index contributed by atoms with van der Waals surface area (Å²) in [4.78, 5) is 14.6. The van der Waals surface area contributed by atoms with Crippen LogP contribution in [0.15, 0.2) is 16.0 Å². The van der Waals surface area contributed by atoms with Gasteiger partial charge in [0, 0.05) is 19.4 Å². The van der Waals surface area contributed by atoms with E-state index in [2.05, 4.69) is 4.98 Å². The molecule has 6 nitrogen and oxygen atoms in total. The maximum absolute atomic E-state index is 11.1. The molecule has 0 bridgehead atoms.